The van der Waals surface area contributed by atoms with Crippen molar-refractivity contribution < 1.29 is 14.3 Å². The van der Waals surface area contributed by atoms with Gasteiger partial charge in [-0.1, -0.05) is 12.1 Å². The molecule has 140 valence electrons. The van der Waals surface area contributed by atoms with Gasteiger partial charge in [0.15, 0.2) is 16.7 Å². The quantitative estimate of drug-likeness (QED) is 0.535. The summed E-state index contributed by atoms with van der Waals surface area (Å²) in [6.07, 6.45) is 3.50. The highest BCUT2D eigenvalue weighted by Crippen LogP contribution is 2.36. The van der Waals surface area contributed by atoms with E-state index in [-0.39, 0.29) is 5.91 Å². The summed E-state index contributed by atoms with van der Waals surface area (Å²) in [5.41, 5.74) is 1.75. The van der Waals surface area contributed by atoms with Crippen LogP contribution < -0.4 is 9.47 Å². The van der Waals surface area contributed by atoms with Crippen LogP contribution in [0.2, 0.25) is 0 Å². The first-order chi connectivity index (χ1) is 13.0. The number of thioether (sulfide) groups is 1. The minimum absolute atomic E-state index is 0.110. The van der Waals surface area contributed by atoms with E-state index in [4.69, 9.17) is 9.47 Å². The molecule has 1 amide bonds. The van der Waals surface area contributed by atoms with Gasteiger partial charge in [-0.15, -0.1) is 17.9 Å². The van der Waals surface area contributed by atoms with E-state index in [0.29, 0.717) is 33.2 Å². The molecule has 1 saturated heterocycles. The summed E-state index contributed by atoms with van der Waals surface area (Å²) >= 11 is 2.77. The Bertz CT molecular complexity index is 934. The van der Waals surface area contributed by atoms with Gasteiger partial charge < -0.3 is 9.47 Å². The van der Waals surface area contributed by atoms with Crippen molar-refractivity contribution in [3.8, 4) is 11.5 Å². The average Bonchev–Trinajstić information content (AvgIpc) is 3.20. The zero-order valence-electron chi connectivity index (χ0n) is 15.3. The number of aliphatic imine (C=N–C) groups is 1. The number of hydrogen-bond donors (Lipinski definition) is 0. The number of amidine groups is 1. The number of ether oxygens (including phenoxy) is 2. The summed E-state index contributed by atoms with van der Waals surface area (Å²) in [5.74, 6) is 1.14. The number of aromatic nitrogens is 1. The first kappa shape index (κ1) is 19.2. The molecule has 6 nitrogen and oxygen atoms in total. The average molecular weight is 402 g/mol. The van der Waals surface area contributed by atoms with Crippen LogP contribution in [0.25, 0.3) is 6.08 Å². The van der Waals surface area contributed by atoms with Crippen molar-refractivity contribution in [2.24, 2.45) is 4.99 Å². The summed E-state index contributed by atoms with van der Waals surface area (Å²) in [5, 5.41) is 3.16. The van der Waals surface area contributed by atoms with Crippen LogP contribution in [0, 0.1) is 6.92 Å². The summed E-state index contributed by atoms with van der Waals surface area (Å²) < 4.78 is 10.6. The Hall–Kier alpha value is -2.58. The van der Waals surface area contributed by atoms with Crippen LogP contribution >= 0.6 is 23.1 Å². The van der Waals surface area contributed by atoms with Crippen LogP contribution in [-0.4, -0.2) is 41.7 Å². The molecule has 0 radical (unpaired) electrons. The fourth-order valence-electron chi connectivity index (χ4n) is 2.45. The number of nitrogens with zero attached hydrogens (tertiary/aromatic N) is 3. The Morgan fingerprint density at radius 2 is 2.07 bits per heavy atom. The van der Waals surface area contributed by atoms with Gasteiger partial charge in [0, 0.05) is 11.9 Å². The van der Waals surface area contributed by atoms with Gasteiger partial charge >= 0.3 is 0 Å². The molecular formula is C19H19N3O3S2. The smallest absolute Gasteiger partial charge is 0.267 e. The van der Waals surface area contributed by atoms with Crippen molar-refractivity contribution in [1.82, 2.24) is 9.88 Å². The molecule has 2 aromatic rings. The second-order valence-corrected chi connectivity index (χ2v) is 7.44. The van der Waals surface area contributed by atoms with Crippen molar-refractivity contribution in [3.05, 3.63) is 52.4 Å². The van der Waals surface area contributed by atoms with Gasteiger partial charge in [-0.3, -0.25) is 9.69 Å². The molecule has 0 spiro atoms. The van der Waals surface area contributed by atoms with Crippen molar-refractivity contribution in [3.63, 3.8) is 0 Å². The number of carbonyl (C=O) groups is 1. The summed E-state index contributed by atoms with van der Waals surface area (Å²) in [4.78, 5) is 23.9. The molecule has 1 aliphatic heterocycles. The maximum Gasteiger partial charge on any atom is 0.267 e. The van der Waals surface area contributed by atoms with Crippen molar-refractivity contribution in [1.29, 1.82) is 0 Å². The number of thiazole rings is 1. The van der Waals surface area contributed by atoms with E-state index < -0.39 is 0 Å². The molecule has 8 heteroatoms. The third-order valence-corrected chi connectivity index (χ3v) is 5.56. The molecule has 1 aliphatic rings. The van der Waals surface area contributed by atoms with E-state index >= 15 is 0 Å². The summed E-state index contributed by atoms with van der Waals surface area (Å²) in [6, 6.07) is 5.51. The minimum atomic E-state index is -0.110. The molecule has 0 atom stereocenters. The number of amides is 1. The number of rotatable bonds is 6. The molecule has 0 N–H and O–H groups in total. The highest BCUT2D eigenvalue weighted by molar-refractivity contribution is 8.18. The van der Waals surface area contributed by atoms with E-state index in [0.717, 1.165) is 11.3 Å². The summed E-state index contributed by atoms with van der Waals surface area (Å²) in [7, 11) is 3.17. The first-order valence-electron chi connectivity index (χ1n) is 8.11. The first-order valence-corrected chi connectivity index (χ1v) is 9.80. The molecule has 0 saturated carbocycles. The molecule has 1 aromatic heterocycles. The molecule has 1 aromatic carbocycles. The van der Waals surface area contributed by atoms with Gasteiger partial charge in [0.25, 0.3) is 5.91 Å². The topological polar surface area (TPSA) is 64.0 Å². The standard InChI is InChI=1S/C19H19N3O3S2/c1-5-8-22-17(23)16(27-19(22)21-18-20-12(2)11-26-18)10-13-6-7-14(24-3)15(9-13)25-4/h5-7,9-11H,1,8H2,2-4H3/b16-10-,21-19+. The number of aryl methyl sites for hydroxylation is 1. The number of hydrogen-bond acceptors (Lipinski definition) is 7. The Morgan fingerprint density at radius 3 is 2.70 bits per heavy atom. The second kappa shape index (κ2) is 8.41. The Kier molecular flexibility index (Phi) is 5.98. The van der Waals surface area contributed by atoms with E-state index in [1.54, 1.807) is 25.2 Å². The number of benzene rings is 1. The van der Waals surface area contributed by atoms with Gasteiger partial charge in [0.1, 0.15) is 0 Å². The maximum atomic E-state index is 12.8. The molecule has 0 unspecified atom stereocenters. The lowest BCUT2D eigenvalue weighted by atomic mass is 10.2. The molecule has 2 heterocycles. The normalized spacial score (nSPS) is 17.0. The van der Waals surface area contributed by atoms with Crippen LogP contribution in [0.1, 0.15) is 11.3 Å². The van der Waals surface area contributed by atoms with Crippen molar-refractivity contribution >= 4 is 45.4 Å². The third kappa shape index (κ3) is 4.23. The SMILES string of the molecule is C=CCN1C(=O)/C(=C/c2ccc(OC)c(OC)c2)S/C1=N/c1nc(C)cs1. The van der Waals surface area contributed by atoms with Crippen LogP contribution in [0.15, 0.2) is 46.1 Å². The monoisotopic (exact) mass is 401 g/mol. The van der Waals surface area contributed by atoms with Gasteiger partial charge in [-0.25, -0.2) is 4.98 Å². The van der Waals surface area contributed by atoms with Gasteiger partial charge in [0.2, 0.25) is 5.13 Å². The van der Waals surface area contributed by atoms with Crippen LogP contribution in [0.3, 0.4) is 0 Å². The van der Waals surface area contributed by atoms with E-state index in [1.807, 2.05) is 36.6 Å². The Balaban J connectivity index is 1.94. The minimum Gasteiger partial charge on any atom is -0.493 e. The molecule has 1 fully saturated rings. The van der Waals surface area contributed by atoms with E-state index in [9.17, 15) is 4.79 Å². The number of methoxy groups -OCH3 is 2. The van der Waals surface area contributed by atoms with Gasteiger partial charge in [-0.05, 0) is 42.5 Å². The number of carbonyl (C=O) groups excluding carboxylic acids is 1. The highest BCUT2D eigenvalue weighted by atomic mass is 32.2. The lowest BCUT2D eigenvalue weighted by Gasteiger charge is -2.11. The van der Waals surface area contributed by atoms with E-state index in [2.05, 4.69) is 16.6 Å². The molecular weight excluding hydrogens is 382 g/mol. The molecule has 3 rings (SSSR count). The predicted molar refractivity (Wildman–Crippen MR) is 111 cm³/mol. The van der Waals surface area contributed by atoms with Crippen molar-refractivity contribution in [2.45, 2.75) is 6.92 Å². The third-order valence-electron chi connectivity index (χ3n) is 3.70. The van der Waals surface area contributed by atoms with Gasteiger partial charge in [-0.2, -0.15) is 4.99 Å². The molecule has 0 aliphatic carbocycles. The fourth-order valence-corrected chi connectivity index (χ4v) is 4.16. The zero-order valence-corrected chi connectivity index (χ0v) is 16.9. The van der Waals surface area contributed by atoms with Crippen molar-refractivity contribution in [2.75, 3.05) is 20.8 Å². The molecule has 0 bridgehead atoms. The maximum absolute atomic E-state index is 12.8. The lowest BCUT2D eigenvalue weighted by Crippen LogP contribution is -2.29. The summed E-state index contributed by atoms with van der Waals surface area (Å²) in [6.45, 7) is 6.03. The molecule has 27 heavy (non-hydrogen) atoms. The Morgan fingerprint density at radius 1 is 1.30 bits per heavy atom. The van der Waals surface area contributed by atoms with Gasteiger partial charge in [0.05, 0.1) is 24.8 Å². The lowest BCUT2D eigenvalue weighted by molar-refractivity contribution is -0.121. The second-order valence-electron chi connectivity index (χ2n) is 5.60. The van der Waals surface area contributed by atoms with Crippen LogP contribution in [0.5, 0.6) is 11.5 Å². The van der Waals surface area contributed by atoms with Crippen LogP contribution in [-0.2, 0) is 4.79 Å². The van der Waals surface area contributed by atoms with E-state index in [1.165, 1.54) is 23.1 Å². The highest BCUT2D eigenvalue weighted by Gasteiger charge is 2.32. The Labute approximate surface area is 166 Å². The van der Waals surface area contributed by atoms with Crippen LogP contribution in [0.4, 0.5) is 5.13 Å². The fraction of sp³-hybridized carbons (Fsp3) is 0.211. The predicted octanol–water partition coefficient (Wildman–Crippen LogP) is 4.26. The largest absolute Gasteiger partial charge is 0.493 e. The zero-order chi connectivity index (χ0) is 19.4.